The molecule has 1 aliphatic heterocycles. The van der Waals surface area contributed by atoms with Crippen molar-refractivity contribution in [3.8, 4) is 0 Å². The number of rotatable bonds is 2. The molecular formula is C13H14N2O6. The monoisotopic (exact) mass is 294 g/mol. The molecule has 1 aromatic carbocycles. The van der Waals surface area contributed by atoms with Crippen LogP contribution < -0.4 is 11.0 Å². The maximum atomic E-state index is 11.2. The number of hydrogen-bond donors (Lipinski definition) is 6. The average Bonchev–Trinajstić information content (AvgIpc) is 2.90. The molecule has 8 nitrogen and oxygen atoms in total. The van der Waals surface area contributed by atoms with E-state index in [0.717, 1.165) is 6.08 Å². The largest absolute Gasteiger partial charge is 0.479 e. The molecule has 0 unspecified atom stereocenters. The van der Waals surface area contributed by atoms with Crippen LogP contribution in [0.5, 0.6) is 0 Å². The van der Waals surface area contributed by atoms with Crippen LogP contribution in [0, 0.1) is 0 Å². The normalized spacial score (nSPS) is 30.9. The molecule has 0 bridgehead atoms. The van der Waals surface area contributed by atoms with Crippen LogP contribution in [0.3, 0.4) is 0 Å². The summed E-state index contributed by atoms with van der Waals surface area (Å²) in [6.45, 7) is 0. The lowest BCUT2D eigenvalue weighted by Crippen LogP contribution is -2.47. The van der Waals surface area contributed by atoms with Crippen LogP contribution in [0.1, 0.15) is 12.0 Å². The number of nitrogens with one attached hydrogen (secondary N) is 2. The van der Waals surface area contributed by atoms with E-state index in [0.29, 0.717) is 16.9 Å². The summed E-state index contributed by atoms with van der Waals surface area (Å²) in [5.41, 5.74) is 4.87. The van der Waals surface area contributed by atoms with Crippen molar-refractivity contribution < 1.29 is 30.2 Å². The van der Waals surface area contributed by atoms with E-state index in [2.05, 4.69) is 11.0 Å². The molecule has 0 aromatic heterocycles. The molecule has 1 aliphatic carbocycles. The minimum absolute atomic E-state index is 0.148. The third-order valence-corrected chi connectivity index (χ3v) is 3.64. The lowest BCUT2D eigenvalue weighted by molar-refractivity contribution is -0.157. The molecule has 0 fully saturated rings. The van der Waals surface area contributed by atoms with Gasteiger partial charge in [-0.15, -0.1) is 0 Å². The number of anilines is 2. The number of aliphatic carboxylic acids is 1. The van der Waals surface area contributed by atoms with E-state index in [1.165, 1.54) is 0 Å². The van der Waals surface area contributed by atoms with Crippen molar-refractivity contribution in [3.63, 3.8) is 0 Å². The summed E-state index contributed by atoms with van der Waals surface area (Å²) in [7, 11) is 0. The first-order valence-corrected chi connectivity index (χ1v) is 6.28. The van der Waals surface area contributed by atoms with Gasteiger partial charge in [-0.05, 0) is 29.3 Å². The SMILES string of the molecule is O=C(O)[C@]1(O)C=C(c2ccc3c(c2)NON3)[C@@H](O)[C@H](O)C1. The van der Waals surface area contributed by atoms with Gasteiger partial charge in [0, 0.05) is 6.42 Å². The molecule has 0 amide bonds. The van der Waals surface area contributed by atoms with Crippen molar-refractivity contribution in [1.82, 2.24) is 0 Å². The molecule has 3 atom stereocenters. The van der Waals surface area contributed by atoms with Gasteiger partial charge in [0.2, 0.25) is 0 Å². The van der Waals surface area contributed by atoms with Crippen LogP contribution in [-0.4, -0.2) is 44.2 Å². The highest BCUT2D eigenvalue weighted by atomic mass is 16.8. The number of fused-ring (bicyclic) bond motifs is 1. The van der Waals surface area contributed by atoms with Crippen LogP contribution in [0.15, 0.2) is 24.3 Å². The van der Waals surface area contributed by atoms with E-state index in [1.54, 1.807) is 18.2 Å². The zero-order valence-electron chi connectivity index (χ0n) is 10.8. The maximum Gasteiger partial charge on any atom is 0.339 e. The molecule has 0 saturated heterocycles. The Hall–Kier alpha value is -2.13. The molecule has 3 rings (SSSR count). The molecule has 2 aliphatic rings. The van der Waals surface area contributed by atoms with Gasteiger partial charge in [0.1, 0.15) is 6.10 Å². The van der Waals surface area contributed by atoms with Gasteiger partial charge in [-0.1, -0.05) is 6.07 Å². The number of carbonyl (C=O) groups is 1. The Bertz CT molecular complexity index is 631. The highest BCUT2D eigenvalue weighted by Gasteiger charge is 2.44. The maximum absolute atomic E-state index is 11.2. The molecule has 112 valence electrons. The van der Waals surface area contributed by atoms with Gasteiger partial charge in [0.05, 0.1) is 17.5 Å². The van der Waals surface area contributed by atoms with E-state index in [4.69, 9.17) is 10.0 Å². The van der Waals surface area contributed by atoms with Gasteiger partial charge in [0.25, 0.3) is 0 Å². The van der Waals surface area contributed by atoms with Crippen LogP contribution in [0.4, 0.5) is 11.4 Å². The van der Waals surface area contributed by atoms with Crippen LogP contribution in [0.2, 0.25) is 0 Å². The average molecular weight is 294 g/mol. The minimum atomic E-state index is -2.21. The van der Waals surface area contributed by atoms with E-state index >= 15 is 0 Å². The fourth-order valence-corrected chi connectivity index (χ4v) is 2.48. The summed E-state index contributed by atoms with van der Waals surface area (Å²) in [6, 6.07) is 4.90. The Labute approximate surface area is 119 Å². The third kappa shape index (κ3) is 2.24. The molecule has 0 saturated carbocycles. The third-order valence-electron chi connectivity index (χ3n) is 3.64. The Kier molecular flexibility index (Phi) is 3.10. The van der Waals surface area contributed by atoms with Gasteiger partial charge in [-0.3, -0.25) is 0 Å². The van der Waals surface area contributed by atoms with E-state index in [1.807, 2.05) is 0 Å². The molecule has 1 aromatic rings. The van der Waals surface area contributed by atoms with Crippen molar-refractivity contribution in [2.24, 2.45) is 0 Å². The summed E-state index contributed by atoms with van der Waals surface area (Å²) in [6.07, 6.45) is -2.06. The Morgan fingerprint density at radius 2 is 2.00 bits per heavy atom. The van der Waals surface area contributed by atoms with E-state index in [9.17, 15) is 20.1 Å². The van der Waals surface area contributed by atoms with Crippen LogP contribution in [-0.2, 0) is 9.73 Å². The molecule has 6 N–H and O–H groups in total. The summed E-state index contributed by atoms with van der Waals surface area (Å²) in [4.78, 5) is 16.0. The molecular weight excluding hydrogens is 280 g/mol. The number of carboxylic acids is 1. The molecule has 8 heteroatoms. The Morgan fingerprint density at radius 3 is 2.71 bits per heavy atom. The zero-order chi connectivity index (χ0) is 15.2. The second kappa shape index (κ2) is 4.71. The number of carboxylic acid groups (broad SMARTS) is 1. The topological polar surface area (TPSA) is 131 Å². The standard InChI is InChI=1S/C13H14N2O6/c16-10-5-13(20,12(18)19)4-7(11(10)17)6-1-2-8-9(3-6)15-21-14-8/h1-4,10-11,14-17,20H,5H2,(H,18,19)/t10-,11-,13+/m1/s1. The quantitative estimate of drug-likeness (QED) is 0.438. The highest BCUT2D eigenvalue weighted by molar-refractivity contribution is 5.87. The van der Waals surface area contributed by atoms with Crippen molar-refractivity contribution in [2.75, 3.05) is 11.0 Å². The number of aliphatic hydroxyl groups excluding tert-OH is 2. The number of hydrogen-bond acceptors (Lipinski definition) is 7. The van der Waals surface area contributed by atoms with Gasteiger partial charge in [0.15, 0.2) is 5.60 Å². The van der Waals surface area contributed by atoms with Gasteiger partial charge >= 0.3 is 5.97 Å². The lowest BCUT2D eigenvalue weighted by atomic mass is 9.80. The van der Waals surface area contributed by atoms with E-state index < -0.39 is 30.2 Å². The molecule has 1 heterocycles. The molecule has 0 radical (unpaired) electrons. The summed E-state index contributed by atoms with van der Waals surface area (Å²) < 4.78 is 0. The van der Waals surface area contributed by atoms with Crippen molar-refractivity contribution in [1.29, 1.82) is 0 Å². The zero-order valence-corrected chi connectivity index (χ0v) is 10.8. The first kappa shape index (κ1) is 13.8. The Morgan fingerprint density at radius 1 is 1.29 bits per heavy atom. The second-order valence-electron chi connectivity index (χ2n) is 5.11. The summed E-state index contributed by atoms with van der Waals surface area (Å²) in [5, 5.41) is 39.0. The molecule has 0 spiro atoms. The highest BCUT2D eigenvalue weighted by Crippen LogP contribution is 2.36. The first-order chi connectivity index (χ1) is 9.90. The van der Waals surface area contributed by atoms with E-state index in [-0.39, 0.29) is 5.57 Å². The fourth-order valence-electron chi connectivity index (χ4n) is 2.48. The summed E-state index contributed by atoms with van der Waals surface area (Å²) in [5.74, 6) is -1.48. The number of aliphatic hydroxyl groups is 3. The van der Waals surface area contributed by atoms with Crippen LogP contribution in [0.25, 0.3) is 5.57 Å². The Balaban J connectivity index is 2.06. The summed E-state index contributed by atoms with van der Waals surface area (Å²) >= 11 is 0. The predicted molar refractivity (Wildman–Crippen MR) is 72.0 cm³/mol. The van der Waals surface area contributed by atoms with Gasteiger partial charge in [-0.2, -0.15) is 4.94 Å². The predicted octanol–water partition coefficient (Wildman–Crippen LogP) is -0.305. The van der Waals surface area contributed by atoms with Gasteiger partial charge in [-0.25, -0.2) is 15.8 Å². The van der Waals surface area contributed by atoms with Crippen molar-refractivity contribution in [2.45, 2.75) is 24.2 Å². The number of benzene rings is 1. The first-order valence-electron chi connectivity index (χ1n) is 6.28. The lowest BCUT2D eigenvalue weighted by Gasteiger charge is -2.33. The fraction of sp³-hybridized carbons (Fsp3) is 0.308. The van der Waals surface area contributed by atoms with Crippen molar-refractivity contribution >= 4 is 22.9 Å². The second-order valence-corrected chi connectivity index (χ2v) is 5.11. The minimum Gasteiger partial charge on any atom is -0.479 e. The molecule has 21 heavy (non-hydrogen) atoms. The van der Waals surface area contributed by atoms with Crippen LogP contribution >= 0.6 is 0 Å². The van der Waals surface area contributed by atoms with Gasteiger partial charge < -0.3 is 20.4 Å². The van der Waals surface area contributed by atoms with Crippen molar-refractivity contribution in [3.05, 3.63) is 29.8 Å². The smallest absolute Gasteiger partial charge is 0.339 e.